The Morgan fingerprint density at radius 1 is 0.935 bits per heavy atom. The molecule has 3 aromatic heterocycles. The topological polar surface area (TPSA) is 78.9 Å². The van der Waals surface area contributed by atoms with Crippen LogP contribution in [0.4, 0.5) is 17.5 Å². The lowest BCUT2D eigenvalue weighted by Gasteiger charge is -2.37. The molecule has 1 fully saturated rings. The van der Waals surface area contributed by atoms with Crippen molar-refractivity contribution in [2.45, 2.75) is 25.9 Å². The Labute approximate surface area is 181 Å². The molecular weight excluding hydrogens is 386 g/mol. The number of nitrogens with one attached hydrogen (secondary N) is 2. The van der Waals surface area contributed by atoms with Gasteiger partial charge in [-0.25, -0.2) is 15.0 Å². The molecular formula is C24H25N7. The number of anilines is 3. The number of rotatable bonds is 4. The van der Waals surface area contributed by atoms with Crippen LogP contribution in [0.15, 0.2) is 67.3 Å². The fraction of sp³-hybridized carbons (Fsp3) is 0.250. The van der Waals surface area contributed by atoms with Gasteiger partial charge in [-0.05, 0) is 37.4 Å². The predicted octanol–water partition coefficient (Wildman–Crippen LogP) is 4.02. The molecule has 0 bridgehead atoms. The van der Waals surface area contributed by atoms with E-state index >= 15 is 0 Å². The highest BCUT2D eigenvalue weighted by Gasteiger charge is 2.22. The zero-order valence-corrected chi connectivity index (χ0v) is 17.7. The van der Waals surface area contributed by atoms with Crippen LogP contribution in [0.2, 0.25) is 0 Å². The van der Waals surface area contributed by atoms with Crippen molar-refractivity contribution in [3.63, 3.8) is 0 Å². The summed E-state index contributed by atoms with van der Waals surface area (Å²) in [7, 11) is 0. The van der Waals surface area contributed by atoms with Gasteiger partial charge in [-0.3, -0.25) is 4.98 Å². The smallest absolute Gasteiger partial charge is 0.150 e. The molecule has 1 saturated heterocycles. The van der Waals surface area contributed by atoms with Gasteiger partial charge in [-0.15, -0.1) is 0 Å². The van der Waals surface area contributed by atoms with Gasteiger partial charge < -0.3 is 15.5 Å². The SMILES string of the molecule is CC1CN(c2cc(-c3nc(Nc4cnccn4)cc4ccccc34)ccn2)CC(C)N1. The van der Waals surface area contributed by atoms with E-state index in [1.807, 2.05) is 30.5 Å². The first kappa shape index (κ1) is 19.4. The number of benzene rings is 1. The van der Waals surface area contributed by atoms with E-state index in [1.54, 1.807) is 18.6 Å². The third-order valence-electron chi connectivity index (χ3n) is 5.46. The lowest BCUT2D eigenvalue weighted by atomic mass is 10.0. The van der Waals surface area contributed by atoms with Crippen LogP contribution in [-0.2, 0) is 0 Å². The maximum atomic E-state index is 4.95. The molecule has 31 heavy (non-hydrogen) atoms. The van der Waals surface area contributed by atoms with E-state index in [-0.39, 0.29) is 0 Å². The number of pyridine rings is 2. The van der Waals surface area contributed by atoms with Crippen molar-refractivity contribution in [2.75, 3.05) is 23.3 Å². The summed E-state index contributed by atoms with van der Waals surface area (Å²) in [6.07, 6.45) is 6.88. The molecule has 0 saturated carbocycles. The third-order valence-corrected chi connectivity index (χ3v) is 5.46. The van der Waals surface area contributed by atoms with Crippen LogP contribution >= 0.6 is 0 Å². The Balaban J connectivity index is 1.56. The zero-order valence-electron chi connectivity index (χ0n) is 17.7. The molecule has 5 rings (SSSR count). The highest BCUT2D eigenvalue weighted by atomic mass is 15.3. The van der Waals surface area contributed by atoms with Crippen molar-refractivity contribution in [3.05, 3.63) is 67.3 Å². The van der Waals surface area contributed by atoms with Gasteiger partial charge in [0, 0.05) is 54.7 Å². The molecule has 0 aliphatic carbocycles. The third kappa shape index (κ3) is 4.18. The molecule has 156 valence electrons. The van der Waals surface area contributed by atoms with Crippen molar-refractivity contribution in [2.24, 2.45) is 0 Å². The average molecular weight is 412 g/mol. The van der Waals surface area contributed by atoms with Crippen LogP contribution < -0.4 is 15.5 Å². The van der Waals surface area contributed by atoms with Gasteiger partial charge >= 0.3 is 0 Å². The number of nitrogens with zero attached hydrogens (tertiary/aromatic N) is 5. The van der Waals surface area contributed by atoms with Crippen LogP contribution in [0.25, 0.3) is 22.0 Å². The minimum Gasteiger partial charge on any atom is -0.354 e. The van der Waals surface area contributed by atoms with E-state index in [4.69, 9.17) is 4.98 Å². The fourth-order valence-corrected chi connectivity index (χ4v) is 4.23. The Hall–Kier alpha value is -3.58. The Morgan fingerprint density at radius 2 is 1.77 bits per heavy atom. The second-order valence-electron chi connectivity index (χ2n) is 8.07. The Morgan fingerprint density at radius 3 is 2.58 bits per heavy atom. The maximum Gasteiger partial charge on any atom is 0.150 e. The molecule has 2 atom stereocenters. The summed E-state index contributed by atoms with van der Waals surface area (Å²) in [4.78, 5) is 20.4. The van der Waals surface area contributed by atoms with Gasteiger partial charge in [0.2, 0.25) is 0 Å². The summed E-state index contributed by atoms with van der Waals surface area (Å²) in [5.41, 5.74) is 1.97. The van der Waals surface area contributed by atoms with E-state index < -0.39 is 0 Å². The molecule has 0 spiro atoms. The lowest BCUT2D eigenvalue weighted by Crippen LogP contribution is -2.54. The van der Waals surface area contributed by atoms with Gasteiger partial charge in [0.25, 0.3) is 0 Å². The van der Waals surface area contributed by atoms with Crippen LogP contribution in [0.5, 0.6) is 0 Å². The van der Waals surface area contributed by atoms with Gasteiger partial charge in [0.15, 0.2) is 0 Å². The maximum absolute atomic E-state index is 4.95. The second kappa shape index (κ2) is 8.28. The summed E-state index contributed by atoms with van der Waals surface area (Å²) in [6, 6.07) is 15.4. The molecule has 4 aromatic rings. The van der Waals surface area contributed by atoms with Gasteiger partial charge in [-0.2, -0.15) is 0 Å². The summed E-state index contributed by atoms with van der Waals surface area (Å²) >= 11 is 0. The monoisotopic (exact) mass is 411 g/mol. The largest absolute Gasteiger partial charge is 0.354 e. The first-order valence-electron chi connectivity index (χ1n) is 10.6. The molecule has 7 nitrogen and oxygen atoms in total. The number of fused-ring (bicyclic) bond motifs is 1. The molecule has 1 aromatic carbocycles. The van der Waals surface area contributed by atoms with E-state index in [0.717, 1.165) is 46.8 Å². The molecule has 1 aliphatic heterocycles. The standard InChI is InChI=1S/C24H25N7/c1-16-14-31(15-17(2)28-16)23-12-19(7-8-27-23)24-20-6-4-3-5-18(20)11-21(30-24)29-22-13-25-9-10-26-22/h3-13,16-17,28H,14-15H2,1-2H3,(H,26,29,30). The van der Waals surface area contributed by atoms with E-state index in [1.165, 1.54) is 0 Å². The van der Waals surface area contributed by atoms with Crippen LogP contribution in [0, 0.1) is 0 Å². The predicted molar refractivity (Wildman–Crippen MR) is 125 cm³/mol. The van der Waals surface area contributed by atoms with Crippen molar-refractivity contribution in [1.82, 2.24) is 25.3 Å². The number of piperazine rings is 1. The van der Waals surface area contributed by atoms with E-state index in [2.05, 4.69) is 62.5 Å². The van der Waals surface area contributed by atoms with Gasteiger partial charge in [0.05, 0.1) is 11.9 Å². The normalized spacial score (nSPS) is 18.8. The van der Waals surface area contributed by atoms with Crippen LogP contribution in [-0.4, -0.2) is 45.1 Å². The summed E-state index contributed by atoms with van der Waals surface area (Å²) in [5, 5.41) is 9.07. The van der Waals surface area contributed by atoms with E-state index in [0.29, 0.717) is 17.9 Å². The Bertz CT molecular complexity index is 1180. The van der Waals surface area contributed by atoms with Crippen molar-refractivity contribution in [3.8, 4) is 11.3 Å². The molecule has 0 radical (unpaired) electrons. The van der Waals surface area contributed by atoms with Crippen LogP contribution in [0.3, 0.4) is 0 Å². The molecule has 4 heterocycles. The quantitative estimate of drug-likeness (QED) is 0.525. The summed E-state index contributed by atoms with van der Waals surface area (Å²) < 4.78 is 0. The molecule has 2 unspecified atom stereocenters. The highest BCUT2D eigenvalue weighted by Crippen LogP contribution is 2.31. The minimum absolute atomic E-state index is 0.424. The highest BCUT2D eigenvalue weighted by molar-refractivity contribution is 5.96. The van der Waals surface area contributed by atoms with Gasteiger partial charge in [-0.1, -0.05) is 24.3 Å². The molecule has 0 amide bonds. The first-order chi connectivity index (χ1) is 15.2. The summed E-state index contributed by atoms with van der Waals surface area (Å²) in [5.74, 6) is 2.38. The van der Waals surface area contributed by atoms with Crippen molar-refractivity contribution in [1.29, 1.82) is 0 Å². The molecule has 1 aliphatic rings. The zero-order chi connectivity index (χ0) is 21.2. The minimum atomic E-state index is 0.424. The number of hydrogen-bond acceptors (Lipinski definition) is 7. The van der Waals surface area contributed by atoms with Crippen LogP contribution in [0.1, 0.15) is 13.8 Å². The fourth-order valence-electron chi connectivity index (χ4n) is 4.23. The van der Waals surface area contributed by atoms with Crippen molar-refractivity contribution >= 4 is 28.2 Å². The first-order valence-corrected chi connectivity index (χ1v) is 10.6. The summed E-state index contributed by atoms with van der Waals surface area (Å²) in [6.45, 7) is 6.29. The van der Waals surface area contributed by atoms with E-state index in [9.17, 15) is 0 Å². The molecule has 2 N–H and O–H groups in total. The average Bonchev–Trinajstić information content (AvgIpc) is 2.79. The lowest BCUT2D eigenvalue weighted by molar-refractivity contribution is 0.405. The number of aromatic nitrogens is 4. The number of hydrogen-bond donors (Lipinski definition) is 2. The second-order valence-corrected chi connectivity index (χ2v) is 8.07. The molecule has 7 heteroatoms. The van der Waals surface area contributed by atoms with Crippen molar-refractivity contribution < 1.29 is 0 Å². The van der Waals surface area contributed by atoms with Gasteiger partial charge in [0.1, 0.15) is 17.5 Å². The Kier molecular flexibility index (Phi) is 5.18.